The highest BCUT2D eigenvalue weighted by atomic mass is 16.2. The second kappa shape index (κ2) is 16.6. The summed E-state index contributed by atoms with van der Waals surface area (Å²) in [7, 11) is 1.77. The van der Waals surface area contributed by atoms with Crippen molar-refractivity contribution >= 4 is 23.6 Å². The van der Waals surface area contributed by atoms with Gasteiger partial charge in [0.05, 0.1) is 12.1 Å². The highest BCUT2D eigenvalue weighted by Crippen LogP contribution is 2.29. The lowest BCUT2D eigenvalue weighted by Crippen LogP contribution is -2.60. The van der Waals surface area contributed by atoms with Crippen LogP contribution in [0.3, 0.4) is 0 Å². The normalized spacial score (nSPS) is 24.1. The van der Waals surface area contributed by atoms with Crippen molar-refractivity contribution in [3.05, 3.63) is 11.6 Å². The lowest BCUT2D eigenvalue weighted by atomic mass is 9.84. The monoisotopic (exact) mass is 644 g/mol. The third-order valence-electron chi connectivity index (χ3n) is 10.7. The van der Waals surface area contributed by atoms with Crippen molar-refractivity contribution in [2.75, 3.05) is 20.1 Å². The maximum atomic E-state index is 14.2. The molecule has 5 atom stereocenters. The van der Waals surface area contributed by atoms with E-state index in [-0.39, 0.29) is 53.7 Å². The molecule has 3 aliphatic rings. The van der Waals surface area contributed by atoms with Gasteiger partial charge in [-0.05, 0) is 90.0 Å². The predicted molar refractivity (Wildman–Crippen MR) is 185 cm³/mol. The van der Waals surface area contributed by atoms with E-state index < -0.39 is 17.5 Å². The quantitative estimate of drug-likeness (QED) is 0.298. The summed E-state index contributed by atoms with van der Waals surface area (Å²) in [6.07, 6.45) is 12.2. The molecule has 0 spiro atoms. The second-order valence-electron chi connectivity index (χ2n) is 16.0. The van der Waals surface area contributed by atoms with Gasteiger partial charge in [0.15, 0.2) is 0 Å². The SMILES string of the molecule is C/C(=C\C(C(C)C)N(C)C(=O)[C@@H](NC(=O)[C@H]1CCCCN1C(C)C)C(C)(C)C)C(=O)N1CCC[C@H]1C(=O)N[C@H](C)C1CCCCC1. The first-order chi connectivity index (χ1) is 21.5. The molecule has 0 aromatic rings. The average molecular weight is 644 g/mol. The molecule has 2 aliphatic heterocycles. The van der Waals surface area contributed by atoms with Gasteiger partial charge in [-0.2, -0.15) is 0 Å². The molecule has 262 valence electrons. The molecule has 4 amide bonds. The number of rotatable bonds is 11. The van der Waals surface area contributed by atoms with E-state index in [1.165, 1.54) is 19.3 Å². The number of likely N-dealkylation sites (tertiary alicyclic amines) is 2. The van der Waals surface area contributed by atoms with Crippen LogP contribution in [0.2, 0.25) is 0 Å². The molecule has 0 aromatic carbocycles. The Bertz CT molecular complexity index is 1090. The number of piperidine rings is 1. The fourth-order valence-electron chi connectivity index (χ4n) is 7.75. The Morgan fingerprint density at radius 3 is 1.96 bits per heavy atom. The standard InChI is InChI=1S/C37H65N5O4/c1-24(2)31(40(10)36(46)32(37(7,8)9)39-34(44)29-19-14-15-21-41(29)25(3)4)23-26(5)35(45)42-22-16-20-30(42)33(43)38-27(6)28-17-12-11-13-18-28/h23-25,27-32H,11-22H2,1-10H3,(H,38,43)(H,39,44)/b26-23+/t27-,29-,30+,31?,32-/m1/s1. The van der Waals surface area contributed by atoms with Crippen LogP contribution in [0.4, 0.5) is 0 Å². The van der Waals surface area contributed by atoms with E-state index in [0.717, 1.165) is 45.1 Å². The number of carbonyl (C=O) groups is 4. The first-order valence-electron chi connectivity index (χ1n) is 18.2. The van der Waals surface area contributed by atoms with E-state index in [1.807, 2.05) is 40.7 Å². The van der Waals surface area contributed by atoms with Crippen molar-refractivity contribution in [3.8, 4) is 0 Å². The van der Waals surface area contributed by atoms with Gasteiger partial charge in [0, 0.05) is 31.2 Å². The molecule has 1 saturated carbocycles. The maximum absolute atomic E-state index is 14.2. The molecule has 9 heteroatoms. The van der Waals surface area contributed by atoms with Crippen molar-refractivity contribution in [2.45, 2.75) is 163 Å². The molecule has 3 rings (SSSR count). The van der Waals surface area contributed by atoms with E-state index >= 15 is 0 Å². The molecule has 0 aromatic heterocycles. The molecule has 1 aliphatic carbocycles. The van der Waals surface area contributed by atoms with E-state index in [9.17, 15) is 19.2 Å². The minimum Gasteiger partial charge on any atom is -0.352 e. The zero-order valence-corrected chi connectivity index (χ0v) is 30.7. The number of nitrogens with zero attached hydrogens (tertiary/aromatic N) is 3. The smallest absolute Gasteiger partial charge is 0.249 e. The molecule has 3 fully saturated rings. The number of carbonyl (C=O) groups excluding carboxylic acids is 4. The molecule has 9 nitrogen and oxygen atoms in total. The minimum absolute atomic E-state index is 0.0248. The maximum Gasteiger partial charge on any atom is 0.249 e. The van der Waals surface area contributed by atoms with E-state index in [1.54, 1.807) is 23.8 Å². The van der Waals surface area contributed by atoms with Crippen LogP contribution >= 0.6 is 0 Å². The zero-order valence-electron chi connectivity index (χ0n) is 30.7. The molecule has 2 saturated heterocycles. The van der Waals surface area contributed by atoms with Crippen LogP contribution in [-0.4, -0.2) is 94.7 Å². The van der Waals surface area contributed by atoms with E-state index in [2.05, 4.69) is 36.3 Å². The van der Waals surface area contributed by atoms with Gasteiger partial charge in [-0.1, -0.05) is 66.4 Å². The van der Waals surface area contributed by atoms with Crippen LogP contribution in [0.1, 0.15) is 127 Å². The summed E-state index contributed by atoms with van der Waals surface area (Å²) in [6.45, 7) is 19.6. The van der Waals surface area contributed by atoms with Crippen LogP contribution in [0, 0.1) is 17.3 Å². The summed E-state index contributed by atoms with van der Waals surface area (Å²) in [6, 6.07) is -1.43. The summed E-state index contributed by atoms with van der Waals surface area (Å²) in [5, 5.41) is 6.39. The van der Waals surface area contributed by atoms with Crippen LogP contribution in [0.25, 0.3) is 0 Å². The van der Waals surface area contributed by atoms with Gasteiger partial charge >= 0.3 is 0 Å². The summed E-state index contributed by atoms with van der Waals surface area (Å²) < 4.78 is 0. The second-order valence-corrected chi connectivity index (χ2v) is 16.0. The van der Waals surface area contributed by atoms with Gasteiger partial charge in [-0.3, -0.25) is 24.1 Å². The largest absolute Gasteiger partial charge is 0.352 e. The van der Waals surface area contributed by atoms with Crippen LogP contribution < -0.4 is 10.6 Å². The fraction of sp³-hybridized carbons (Fsp3) is 0.838. The van der Waals surface area contributed by atoms with E-state index in [4.69, 9.17) is 0 Å². The molecule has 2 heterocycles. The average Bonchev–Trinajstić information content (AvgIpc) is 3.51. The molecule has 46 heavy (non-hydrogen) atoms. The number of hydrogen-bond acceptors (Lipinski definition) is 5. The third kappa shape index (κ3) is 9.57. The van der Waals surface area contributed by atoms with Crippen molar-refractivity contribution in [1.29, 1.82) is 0 Å². The Labute approximate surface area is 279 Å². The Hall–Kier alpha value is -2.42. The summed E-state index contributed by atoms with van der Waals surface area (Å²) in [5.41, 5.74) is 0.0174. The van der Waals surface area contributed by atoms with Gasteiger partial charge in [-0.25, -0.2) is 0 Å². The summed E-state index contributed by atoms with van der Waals surface area (Å²) in [4.78, 5) is 60.7. The van der Waals surface area contributed by atoms with Crippen LogP contribution in [0.5, 0.6) is 0 Å². The van der Waals surface area contributed by atoms with Gasteiger partial charge < -0.3 is 20.4 Å². The highest BCUT2D eigenvalue weighted by molar-refractivity contribution is 5.97. The topological polar surface area (TPSA) is 102 Å². The summed E-state index contributed by atoms with van der Waals surface area (Å²) in [5.74, 6) is 0.0656. The number of nitrogens with one attached hydrogen (secondary N) is 2. The van der Waals surface area contributed by atoms with Crippen molar-refractivity contribution < 1.29 is 19.2 Å². The number of likely N-dealkylation sites (N-methyl/N-ethyl adjacent to an activating group) is 1. The van der Waals surface area contributed by atoms with Crippen LogP contribution in [-0.2, 0) is 19.2 Å². The molecular formula is C37H65N5O4. The van der Waals surface area contributed by atoms with Crippen LogP contribution in [0.15, 0.2) is 11.6 Å². The molecule has 1 unspecified atom stereocenters. The van der Waals surface area contributed by atoms with Crippen molar-refractivity contribution in [2.24, 2.45) is 17.3 Å². The zero-order chi connectivity index (χ0) is 34.3. The third-order valence-corrected chi connectivity index (χ3v) is 10.7. The minimum atomic E-state index is -0.718. The lowest BCUT2D eigenvalue weighted by molar-refractivity contribution is -0.142. The first kappa shape index (κ1) is 38.0. The highest BCUT2D eigenvalue weighted by Gasteiger charge is 2.41. The molecule has 0 bridgehead atoms. The Kier molecular flexibility index (Phi) is 13.7. The first-order valence-corrected chi connectivity index (χ1v) is 18.2. The summed E-state index contributed by atoms with van der Waals surface area (Å²) >= 11 is 0. The van der Waals surface area contributed by atoms with E-state index in [0.29, 0.717) is 24.5 Å². The van der Waals surface area contributed by atoms with Crippen molar-refractivity contribution in [1.82, 2.24) is 25.3 Å². The Morgan fingerprint density at radius 2 is 1.37 bits per heavy atom. The molecule has 0 radical (unpaired) electrons. The van der Waals surface area contributed by atoms with Gasteiger partial charge in [0.2, 0.25) is 23.6 Å². The van der Waals surface area contributed by atoms with Gasteiger partial charge in [0.1, 0.15) is 12.1 Å². The lowest BCUT2D eigenvalue weighted by Gasteiger charge is -2.41. The molecular weight excluding hydrogens is 578 g/mol. The Balaban J connectivity index is 1.74. The fourth-order valence-corrected chi connectivity index (χ4v) is 7.75. The molecule has 2 N–H and O–H groups in total. The predicted octanol–water partition coefficient (Wildman–Crippen LogP) is 5.29. The Morgan fingerprint density at radius 1 is 0.783 bits per heavy atom. The number of amides is 4. The van der Waals surface area contributed by atoms with Gasteiger partial charge in [-0.15, -0.1) is 0 Å². The van der Waals surface area contributed by atoms with Crippen molar-refractivity contribution in [3.63, 3.8) is 0 Å². The number of hydrogen-bond donors (Lipinski definition) is 2. The van der Waals surface area contributed by atoms with Gasteiger partial charge in [0.25, 0.3) is 0 Å².